The van der Waals surface area contributed by atoms with Gasteiger partial charge in [0.15, 0.2) is 0 Å². The number of hydrogen-bond donors (Lipinski definition) is 0. The first-order chi connectivity index (χ1) is 20.5. The third-order valence-corrected chi connectivity index (χ3v) is 13.0. The topological polar surface area (TPSA) is 18.5 Å². The van der Waals surface area contributed by atoms with Crippen LogP contribution in [0.5, 0.6) is 5.75 Å². The number of ether oxygens (including phenoxy) is 2. The van der Waals surface area contributed by atoms with Crippen LogP contribution in [0.4, 0.5) is 0 Å². The molecule has 3 fully saturated rings. The summed E-state index contributed by atoms with van der Waals surface area (Å²) in [6.45, 7) is 20.8. The molecule has 0 N–H and O–H groups in total. The second kappa shape index (κ2) is 13.3. The predicted molar refractivity (Wildman–Crippen MR) is 183 cm³/mol. The van der Waals surface area contributed by atoms with Crippen LogP contribution in [0.1, 0.15) is 125 Å². The molecule has 0 aliphatic heterocycles. The first-order valence-corrected chi connectivity index (χ1v) is 17.9. The van der Waals surface area contributed by atoms with Crippen molar-refractivity contribution in [1.29, 1.82) is 0 Å². The van der Waals surface area contributed by atoms with E-state index >= 15 is 0 Å². The van der Waals surface area contributed by atoms with Gasteiger partial charge in [-0.2, -0.15) is 0 Å². The number of allylic oxidation sites excluding steroid dienone is 3. The van der Waals surface area contributed by atoms with Crippen molar-refractivity contribution in [1.82, 2.24) is 0 Å². The maximum atomic E-state index is 6.64. The molecule has 8 unspecified atom stereocenters. The van der Waals surface area contributed by atoms with Gasteiger partial charge >= 0.3 is 0 Å². The summed E-state index contributed by atoms with van der Waals surface area (Å²) in [5.74, 6) is 5.34. The van der Waals surface area contributed by atoms with Crippen LogP contribution in [0.3, 0.4) is 0 Å². The van der Waals surface area contributed by atoms with Crippen molar-refractivity contribution in [2.75, 3.05) is 13.2 Å². The van der Waals surface area contributed by atoms with E-state index in [0.717, 1.165) is 35.3 Å². The molecule has 2 heteroatoms. The monoisotopic (exact) mass is 586 g/mol. The summed E-state index contributed by atoms with van der Waals surface area (Å²) in [5, 5.41) is 0. The first kappa shape index (κ1) is 32.6. The molecule has 5 rings (SSSR count). The Morgan fingerprint density at radius 2 is 1.74 bits per heavy atom. The number of hydrogen-bond acceptors (Lipinski definition) is 2. The number of fused-ring (bicyclic) bond motifs is 5. The summed E-state index contributed by atoms with van der Waals surface area (Å²) in [4.78, 5) is 0. The number of benzene rings is 1. The zero-order chi connectivity index (χ0) is 30.8. The van der Waals surface area contributed by atoms with Gasteiger partial charge in [-0.25, -0.2) is 0 Å². The van der Waals surface area contributed by atoms with Gasteiger partial charge in [0.25, 0.3) is 0 Å². The third-order valence-electron chi connectivity index (χ3n) is 13.0. The Balaban J connectivity index is 1.22. The maximum absolute atomic E-state index is 6.64. The second-order valence-electron chi connectivity index (χ2n) is 16.1. The molecule has 8 atom stereocenters. The fourth-order valence-electron chi connectivity index (χ4n) is 10.9. The van der Waals surface area contributed by atoms with Crippen LogP contribution in [0.15, 0.2) is 53.6 Å². The SMILES string of the molecule is CCOc1ccc(/C=C/COC2CCC3(C)C(=CCC4C3CCC3(C)C(C(C)CCCC=C(C)C)CCC43)C2(C)C)cc1. The Morgan fingerprint density at radius 3 is 2.47 bits per heavy atom. The van der Waals surface area contributed by atoms with E-state index < -0.39 is 0 Å². The lowest BCUT2D eigenvalue weighted by Gasteiger charge is -2.61. The summed E-state index contributed by atoms with van der Waals surface area (Å²) in [6, 6.07) is 8.33. The molecule has 3 saturated carbocycles. The van der Waals surface area contributed by atoms with Crippen LogP contribution in [-0.4, -0.2) is 19.3 Å². The van der Waals surface area contributed by atoms with Gasteiger partial charge in [-0.05, 0) is 137 Å². The van der Waals surface area contributed by atoms with Gasteiger partial charge in [-0.1, -0.05) is 88.6 Å². The van der Waals surface area contributed by atoms with Crippen LogP contribution in [0.2, 0.25) is 0 Å². The van der Waals surface area contributed by atoms with E-state index in [0.29, 0.717) is 24.0 Å². The van der Waals surface area contributed by atoms with Crippen molar-refractivity contribution in [3.8, 4) is 5.75 Å². The van der Waals surface area contributed by atoms with Gasteiger partial charge < -0.3 is 9.47 Å². The van der Waals surface area contributed by atoms with Crippen molar-refractivity contribution in [3.05, 3.63) is 59.2 Å². The lowest BCUT2D eigenvalue weighted by molar-refractivity contribution is -0.0910. The molecule has 1 aromatic rings. The average Bonchev–Trinajstić information content (AvgIpc) is 3.32. The van der Waals surface area contributed by atoms with Crippen LogP contribution in [0.25, 0.3) is 6.08 Å². The highest BCUT2D eigenvalue weighted by Crippen LogP contribution is 2.69. The largest absolute Gasteiger partial charge is 0.494 e. The van der Waals surface area contributed by atoms with E-state index in [4.69, 9.17) is 9.47 Å². The summed E-state index contributed by atoms with van der Waals surface area (Å²) in [7, 11) is 0. The quantitative estimate of drug-likeness (QED) is 0.190. The summed E-state index contributed by atoms with van der Waals surface area (Å²) >= 11 is 0. The Kier molecular flexibility index (Phi) is 10.1. The van der Waals surface area contributed by atoms with Crippen molar-refractivity contribution >= 4 is 6.08 Å². The summed E-state index contributed by atoms with van der Waals surface area (Å²) in [6.07, 6.45) is 23.4. The second-order valence-corrected chi connectivity index (χ2v) is 16.1. The smallest absolute Gasteiger partial charge is 0.119 e. The van der Waals surface area contributed by atoms with Crippen LogP contribution in [-0.2, 0) is 4.74 Å². The highest BCUT2D eigenvalue weighted by Gasteiger charge is 2.61. The minimum atomic E-state index is 0.0870. The summed E-state index contributed by atoms with van der Waals surface area (Å²) in [5.41, 5.74) is 5.35. The molecule has 2 nitrogen and oxygen atoms in total. The first-order valence-electron chi connectivity index (χ1n) is 17.9. The Hall–Kier alpha value is -1.80. The number of rotatable bonds is 11. The van der Waals surface area contributed by atoms with Crippen LogP contribution in [0, 0.1) is 45.8 Å². The van der Waals surface area contributed by atoms with E-state index in [-0.39, 0.29) is 11.5 Å². The molecule has 1 aromatic carbocycles. The molecule has 4 aliphatic rings. The van der Waals surface area contributed by atoms with Crippen molar-refractivity contribution in [2.45, 2.75) is 126 Å². The van der Waals surface area contributed by atoms with E-state index in [1.807, 2.05) is 19.1 Å². The maximum Gasteiger partial charge on any atom is 0.119 e. The molecule has 0 heterocycles. The van der Waals surface area contributed by atoms with E-state index in [1.54, 1.807) is 5.57 Å². The van der Waals surface area contributed by atoms with Crippen molar-refractivity contribution in [3.63, 3.8) is 0 Å². The summed E-state index contributed by atoms with van der Waals surface area (Å²) < 4.78 is 12.2. The lowest BCUT2D eigenvalue weighted by Crippen LogP contribution is -2.55. The minimum Gasteiger partial charge on any atom is -0.494 e. The Bertz CT molecular complexity index is 1170. The van der Waals surface area contributed by atoms with Gasteiger partial charge in [0.2, 0.25) is 0 Å². The normalized spacial score (nSPS) is 35.4. The highest BCUT2D eigenvalue weighted by molar-refractivity contribution is 5.50. The molecule has 0 spiro atoms. The van der Waals surface area contributed by atoms with Crippen LogP contribution < -0.4 is 4.74 Å². The molecule has 238 valence electrons. The molecule has 0 aromatic heterocycles. The fraction of sp³-hybridized carbons (Fsp3) is 0.707. The highest BCUT2D eigenvalue weighted by atomic mass is 16.5. The van der Waals surface area contributed by atoms with Crippen LogP contribution >= 0.6 is 0 Å². The van der Waals surface area contributed by atoms with Gasteiger partial charge in [0.1, 0.15) is 5.75 Å². The number of unbranched alkanes of at least 4 members (excludes halogenated alkanes) is 1. The van der Waals surface area contributed by atoms with E-state index in [1.165, 1.54) is 75.3 Å². The van der Waals surface area contributed by atoms with E-state index in [9.17, 15) is 0 Å². The Labute approximate surface area is 264 Å². The molecular formula is C41H62O2. The van der Waals surface area contributed by atoms with Gasteiger partial charge in [0.05, 0.1) is 19.3 Å². The standard InChI is InChI=1S/C41H62O2/c1-9-42-32-18-16-31(17-19-32)15-12-28-43-38-25-27-41(8)36-24-26-40(7)34(30(4)14-11-10-13-29(2)3)21-22-35(40)33(36)20-23-37(41)39(38,5)6/h12-13,15-19,23,30,33-36,38H,9-11,14,20-22,24-28H2,1-8H3/b15-12+. The fourth-order valence-corrected chi connectivity index (χ4v) is 10.9. The van der Waals surface area contributed by atoms with Crippen molar-refractivity contribution < 1.29 is 9.47 Å². The molecule has 0 bridgehead atoms. The molecule has 0 saturated heterocycles. The minimum absolute atomic E-state index is 0.0870. The zero-order valence-corrected chi connectivity index (χ0v) is 28.9. The van der Waals surface area contributed by atoms with Gasteiger partial charge in [-0.3, -0.25) is 0 Å². The Morgan fingerprint density at radius 1 is 0.977 bits per heavy atom. The van der Waals surface area contributed by atoms with Gasteiger partial charge in [-0.15, -0.1) is 0 Å². The molecule has 43 heavy (non-hydrogen) atoms. The van der Waals surface area contributed by atoms with Crippen molar-refractivity contribution in [2.24, 2.45) is 45.8 Å². The lowest BCUT2D eigenvalue weighted by atomic mass is 9.44. The third kappa shape index (κ3) is 6.47. The zero-order valence-electron chi connectivity index (χ0n) is 28.9. The predicted octanol–water partition coefficient (Wildman–Crippen LogP) is 11.5. The van der Waals surface area contributed by atoms with Gasteiger partial charge in [0, 0.05) is 5.41 Å². The molecular weight excluding hydrogens is 524 g/mol. The average molecular weight is 587 g/mol. The molecule has 0 amide bonds. The molecule has 0 radical (unpaired) electrons. The molecule has 4 aliphatic carbocycles. The van der Waals surface area contributed by atoms with E-state index in [2.05, 4.69) is 84.9 Å².